The zero-order valence-corrected chi connectivity index (χ0v) is 12.7. The van der Waals surface area contributed by atoms with Crippen molar-refractivity contribution >= 4 is 33.7 Å². The summed E-state index contributed by atoms with van der Waals surface area (Å²) in [5, 5.41) is 0.730. The third-order valence-electron chi connectivity index (χ3n) is 4.56. The lowest BCUT2D eigenvalue weighted by molar-refractivity contribution is 0.147. The Morgan fingerprint density at radius 2 is 2.23 bits per heavy atom. The number of rotatable bonds is 2. The summed E-state index contributed by atoms with van der Waals surface area (Å²) in [6.07, 6.45) is 2.51. The Kier molecular flexibility index (Phi) is 3.11. The van der Waals surface area contributed by atoms with Crippen molar-refractivity contribution < 1.29 is 8.78 Å². The lowest BCUT2D eigenvalue weighted by Gasteiger charge is -2.12. The number of imidazole rings is 1. The molecule has 2 atom stereocenters. The minimum Gasteiger partial charge on any atom is -0.352 e. The quantitative estimate of drug-likeness (QED) is 0.684. The normalized spacial score (nSPS) is 22.4. The van der Waals surface area contributed by atoms with E-state index in [1.165, 1.54) is 12.5 Å². The zero-order valence-electron chi connectivity index (χ0n) is 12.0. The molecule has 0 bridgehead atoms. The van der Waals surface area contributed by atoms with Gasteiger partial charge in [-0.25, -0.2) is 18.7 Å². The van der Waals surface area contributed by atoms with Gasteiger partial charge in [-0.3, -0.25) is 0 Å². The molecule has 4 rings (SSSR count). The fraction of sp³-hybridized carbons (Fsp3) is 0.467. The van der Waals surface area contributed by atoms with Crippen LogP contribution in [-0.2, 0) is 0 Å². The van der Waals surface area contributed by atoms with Gasteiger partial charge in [0, 0.05) is 11.4 Å². The van der Waals surface area contributed by atoms with Crippen LogP contribution in [-0.4, -0.2) is 19.5 Å². The molecule has 1 aliphatic rings. The van der Waals surface area contributed by atoms with E-state index in [9.17, 15) is 8.78 Å². The van der Waals surface area contributed by atoms with Crippen LogP contribution in [0.2, 0.25) is 5.15 Å². The Balaban J connectivity index is 1.92. The number of halogens is 3. The second-order valence-corrected chi connectivity index (χ2v) is 6.47. The van der Waals surface area contributed by atoms with E-state index in [0.29, 0.717) is 34.0 Å². The lowest BCUT2D eigenvalue weighted by Crippen LogP contribution is -2.04. The van der Waals surface area contributed by atoms with E-state index in [2.05, 4.69) is 21.9 Å². The highest BCUT2D eigenvalue weighted by atomic mass is 35.5. The SMILES string of the molecule is CC1CC[C@H](n2cnc3c4[nH]c(C(F)F)cc4c(Cl)nc32)C1. The Bertz CT molecular complexity index is 854. The predicted octanol–water partition coefficient (Wildman–Crippen LogP) is 4.86. The highest BCUT2D eigenvalue weighted by molar-refractivity contribution is 6.35. The second-order valence-electron chi connectivity index (χ2n) is 6.11. The number of nitrogens with zero attached hydrogens (tertiary/aromatic N) is 3. The summed E-state index contributed by atoms with van der Waals surface area (Å²) in [7, 11) is 0. The van der Waals surface area contributed by atoms with Gasteiger partial charge in [-0.2, -0.15) is 0 Å². The van der Waals surface area contributed by atoms with Crippen LogP contribution in [0.15, 0.2) is 12.4 Å². The topological polar surface area (TPSA) is 46.5 Å². The van der Waals surface area contributed by atoms with E-state index in [0.717, 1.165) is 12.8 Å². The molecule has 1 unspecified atom stereocenters. The van der Waals surface area contributed by atoms with Gasteiger partial charge in [-0.15, -0.1) is 0 Å². The van der Waals surface area contributed by atoms with Crippen molar-refractivity contribution in [2.24, 2.45) is 5.92 Å². The van der Waals surface area contributed by atoms with Crippen LogP contribution < -0.4 is 0 Å². The minimum atomic E-state index is -2.57. The molecule has 0 amide bonds. The monoisotopic (exact) mass is 324 g/mol. The van der Waals surface area contributed by atoms with Gasteiger partial charge >= 0.3 is 0 Å². The zero-order chi connectivity index (χ0) is 15.4. The van der Waals surface area contributed by atoms with Gasteiger partial charge in [0.25, 0.3) is 6.43 Å². The number of pyridine rings is 1. The van der Waals surface area contributed by atoms with Gasteiger partial charge < -0.3 is 9.55 Å². The molecule has 116 valence electrons. The molecule has 3 heterocycles. The third-order valence-corrected chi connectivity index (χ3v) is 4.85. The average Bonchev–Trinajstić information content (AvgIpc) is 3.14. The molecular formula is C15H15ClF2N4. The summed E-state index contributed by atoms with van der Waals surface area (Å²) >= 11 is 6.20. The molecule has 1 fully saturated rings. The third kappa shape index (κ3) is 2.00. The molecule has 1 N–H and O–H groups in total. The van der Waals surface area contributed by atoms with Crippen molar-refractivity contribution in [2.75, 3.05) is 0 Å². The average molecular weight is 325 g/mol. The van der Waals surface area contributed by atoms with E-state index in [1.54, 1.807) is 6.33 Å². The number of hydrogen-bond acceptors (Lipinski definition) is 2. The number of aromatic amines is 1. The first-order chi connectivity index (χ1) is 10.5. The molecule has 0 spiro atoms. The van der Waals surface area contributed by atoms with Crippen LogP contribution in [0, 0.1) is 5.92 Å². The van der Waals surface area contributed by atoms with Crippen LogP contribution in [0.5, 0.6) is 0 Å². The van der Waals surface area contributed by atoms with Crippen molar-refractivity contribution in [3.8, 4) is 0 Å². The molecule has 0 aromatic carbocycles. The number of aromatic nitrogens is 4. The molecule has 3 aromatic rings. The van der Waals surface area contributed by atoms with Crippen LogP contribution in [0.1, 0.15) is 44.3 Å². The molecule has 0 aliphatic heterocycles. The fourth-order valence-electron chi connectivity index (χ4n) is 3.43. The van der Waals surface area contributed by atoms with Crippen LogP contribution in [0.3, 0.4) is 0 Å². The van der Waals surface area contributed by atoms with Crippen LogP contribution >= 0.6 is 11.6 Å². The van der Waals surface area contributed by atoms with Crippen molar-refractivity contribution in [3.05, 3.63) is 23.2 Å². The van der Waals surface area contributed by atoms with E-state index >= 15 is 0 Å². The van der Waals surface area contributed by atoms with Gasteiger partial charge in [0.2, 0.25) is 0 Å². The molecule has 22 heavy (non-hydrogen) atoms. The molecule has 1 aliphatic carbocycles. The first-order valence-electron chi connectivity index (χ1n) is 7.37. The Morgan fingerprint density at radius 1 is 1.41 bits per heavy atom. The van der Waals surface area contributed by atoms with Crippen molar-refractivity contribution in [1.82, 2.24) is 19.5 Å². The molecule has 7 heteroatoms. The van der Waals surface area contributed by atoms with Crippen molar-refractivity contribution in [1.29, 1.82) is 0 Å². The number of nitrogens with one attached hydrogen (secondary N) is 1. The number of alkyl halides is 2. The summed E-state index contributed by atoms with van der Waals surface area (Å²) in [6.45, 7) is 2.23. The smallest absolute Gasteiger partial charge is 0.278 e. The molecule has 0 saturated heterocycles. The summed E-state index contributed by atoms with van der Waals surface area (Å²) < 4.78 is 27.9. The van der Waals surface area contributed by atoms with Gasteiger partial charge in [0.15, 0.2) is 5.65 Å². The molecule has 0 radical (unpaired) electrons. The summed E-state index contributed by atoms with van der Waals surface area (Å²) in [4.78, 5) is 11.5. The Hall–Kier alpha value is -1.69. The Morgan fingerprint density at radius 3 is 2.91 bits per heavy atom. The second kappa shape index (κ2) is 4.91. The maximum Gasteiger partial charge on any atom is 0.278 e. The maximum absolute atomic E-state index is 12.9. The first-order valence-corrected chi connectivity index (χ1v) is 7.75. The lowest BCUT2D eigenvalue weighted by atomic mass is 10.1. The minimum absolute atomic E-state index is 0.157. The maximum atomic E-state index is 12.9. The van der Waals surface area contributed by atoms with Crippen molar-refractivity contribution in [3.63, 3.8) is 0 Å². The highest BCUT2D eigenvalue weighted by Crippen LogP contribution is 2.38. The van der Waals surface area contributed by atoms with Gasteiger partial charge in [-0.05, 0) is 31.2 Å². The predicted molar refractivity (Wildman–Crippen MR) is 81.4 cm³/mol. The molecule has 1 saturated carbocycles. The van der Waals surface area contributed by atoms with Gasteiger partial charge in [-0.1, -0.05) is 18.5 Å². The highest BCUT2D eigenvalue weighted by Gasteiger charge is 2.26. The van der Waals surface area contributed by atoms with E-state index in [-0.39, 0.29) is 10.8 Å². The van der Waals surface area contributed by atoms with E-state index < -0.39 is 6.43 Å². The van der Waals surface area contributed by atoms with E-state index in [4.69, 9.17) is 11.6 Å². The number of H-pyrrole nitrogens is 1. The van der Waals surface area contributed by atoms with Gasteiger partial charge in [0.1, 0.15) is 10.7 Å². The van der Waals surface area contributed by atoms with Crippen LogP contribution in [0.25, 0.3) is 22.1 Å². The van der Waals surface area contributed by atoms with Crippen molar-refractivity contribution in [2.45, 2.75) is 38.7 Å². The first kappa shape index (κ1) is 13.9. The molecule has 4 nitrogen and oxygen atoms in total. The van der Waals surface area contributed by atoms with Gasteiger partial charge in [0.05, 0.1) is 17.5 Å². The molecule has 3 aromatic heterocycles. The molecular weight excluding hydrogens is 310 g/mol. The summed E-state index contributed by atoms with van der Waals surface area (Å²) in [6, 6.07) is 1.70. The fourth-order valence-corrected chi connectivity index (χ4v) is 3.66. The number of hydrogen-bond donors (Lipinski definition) is 1. The summed E-state index contributed by atoms with van der Waals surface area (Å²) in [5.74, 6) is 0.678. The standard InChI is InChI=1S/C15H15ClF2N4/c1-7-2-3-8(4-7)22-6-19-12-11-9(13(16)21-15(12)22)5-10(20-11)14(17)18/h5-8,14,20H,2-4H2,1H3/t7?,8-/m0/s1. The van der Waals surface area contributed by atoms with E-state index in [1.807, 2.05) is 4.57 Å². The Labute approximate surface area is 130 Å². The number of fused-ring (bicyclic) bond motifs is 3. The summed E-state index contributed by atoms with van der Waals surface area (Å²) in [5.41, 5.74) is 1.65. The largest absolute Gasteiger partial charge is 0.352 e. The van der Waals surface area contributed by atoms with Crippen LogP contribution in [0.4, 0.5) is 8.78 Å².